The summed E-state index contributed by atoms with van der Waals surface area (Å²) in [5.41, 5.74) is 6.10. The summed E-state index contributed by atoms with van der Waals surface area (Å²) >= 11 is 0. The van der Waals surface area contributed by atoms with Gasteiger partial charge >= 0.3 is 5.69 Å². The highest BCUT2D eigenvalue weighted by Crippen LogP contribution is 2.26. The third kappa shape index (κ3) is 6.62. The van der Waals surface area contributed by atoms with Gasteiger partial charge in [-0.1, -0.05) is 32.0 Å². The number of rotatable bonds is 10. The fraction of sp³-hybridized carbons (Fsp3) is 0.300. The van der Waals surface area contributed by atoms with Crippen molar-refractivity contribution in [2.45, 2.75) is 39.8 Å². The van der Waals surface area contributed by atoms with Gasteiger partial charge in [-0.15, -0.1) is 0 Å². The van der Waals surface area contributed by atoms with Crippen LogP contribution in [0.1, 0.15) is 27.7 Å². The van der Waals surface area contributed by atoms with E-state index in [4.69, 9.17) is 10.5 Å². The summed E-state index contributed by atoms with van der Waals surface area (Å²) in [5, 5.41) is 15.4. The molecule has 2 aromatic heterocycles. The minimum Gasteiger partial charge on any atom is -0.457 e. The second-order valence-electron chi connectivity index (χ2n) is 11.0. The van der Waals surface area contributed by atoms with Gasteiger partial charge in [-0.05, 0) is 63.4 Å². The molecule has 0 aliphatic heterocycles. The van der Waals surface area contributed by atoms with Crippen molar-refractivity contribution >= 4 is 22.9 Å². The molecule has 11 heteroatoms. The van der Waals surface area contributed by atoms with Gasteiger partial charge in [-0.2, -0.15) is 5.26 Å². The Bertz CT molecular complexity index is 1680. The van der Waals surface area contributed by atoms with E-state index in [1.807, 2.05) is 64.1 Å². The Balaban J connectivity index is 1.61. The van der Waals surface area contributed by atoms with E-state index in [-0.39, 0.29) is 30.2 Å². The fourth-order valence-electron chi connectivity index (χ4n) is 4.25. The maximum Gasteiger partial charge on any atom is 0.335 e. The molecular weight excluding hydrogens is 520 g/mol. The lowest BCUT2D eigenvalue weighted by Crippen LogP contribution is -2.40. The summed E-state index contributed by atoms with van der Waals surface area (Å²) in [5.74, 6) is 0.992. The number of nitriles is 1. The quantitative estimate of drug-likeness (QED) is 0.199. The molecule has 0 bridgehead atoms. The molecular formula is C30H34N8O3. The number of nitrogens with one attached hydrogen (secondary N) is 2. The summed E-state index contributed by atoms with van der Waals surface area (Å²) < 4.78 is 8.88. The number of hydrogen-bond acceptors (Lipinski definition) is 8. The zero-order valence-electron chi connectivity index (χ0n) is 23.8. The third-order valence-electron chi connectivity index (χ3n) is 6.63. The van der Waals surface area contributed by atoms with Gasteiger partial charge in [0.05, 0.1) is 5.69 Å². The zero-order chi connectivity index (χ0) is 29.8. The third-order valence-corrected chi connectivity index (χ3v) is 6.63. The number of nitrogen functional groups attached to an aromatic ring is 1. The molecule has 0 saturated heterocycles. The Labute approximate surface area is 238 Å². The van der Waals surface area contributed by atoms with Gasteiger partial charge < -0.3 is 21.1 Å². The van der Waals surface area contributed by atoms with Crippen LogP contribution in [0.4, 0.5) is 5.82 Å². The number of para-hydroxylation sites is 1. The lowest BCUT2D eigenvalue weighted by atomic mass is 9.93. The number of likely N-dealkylation sites (N-methyl/N-ethyl adjacent to an activating group) is 1. The summed E-state index contributed by atoms with van der Waals surface area (Å²) in [4.78, 5) is 35.1. The molecule has 0 fully saturated rings. The predicted octanol–water partition coefficient (Wildman–Crippen LogP) is 3.55. The van der Waals surface area contributed by atoms with Gasteiger partial charge in [0.25, 0.3) is 5.91 Å². The summed E-state index contributed by atoms with van der Waals surface area (Å²) in [6, 6.07) is 18.4. The van der Waals surface area contributed by atoms with E-state index in [2.05, 4.69) is 20.6 Å². The number of ether oxygens (including phenoxy) is 1. The van der Waals surface area contributed by atoms with Crippen molar-refractivity contribution in [1.82, 2.24) is 29.7 Å². The maximum absolute atomic E-state index is 13.8. The first-order valence-corrected chi connectivity index (χ1v) is 13.1. The second-order valence-corrected chi connectivity index (χ2v) is 11.0. The molecule has 0 saturated carbocycles. The van der Waals surface area contributed by atoms with Crippen LogP contribution < -0.4 is 26.8 Å². The first-order valence-electron chi connectivity index (χ1n) is 13.1. The molecule has 0 unspecified atom stereocenters. The van der Waals surface area contributed by atoms with Crippen LogP contribution in [-0.2, 0) is 11.3 Å². The minimum atomic E-state index is -0.592. The van der Waals surface area contributed by atoms with Crippen LogP contribution in [0.25, 0.3) is 16.9 Å². The van der Waals surface area contributed by atoms with Crippen molar-refractivity contribution in [2.75, 3.05) is 19.3 Å². The largest absolute Gasteiger partial charge is 0.457 e. The average Bonchev–Trinajstić information content (AvgIpc) is 3.23. The van der Waals surface area contributed by atoms with E-state index in [1.165, 1.54) is 15.5 Å². The Morgan fingerprint density at radius 1 is 1.07 bits per heavy atom. The fourth-order valence-corrected chi connectivity index (χ4v) is 4.25. The van der Waals surface area contributed by atoms with Crippen LogP contribution in [0.2, 0.25) is 0 Å². The van der Waals surface area contributed by atoms with E-state index in [9.17, 15) is 14.9 Å². The number of nitrogens with two attached hydrogens (primary N) is 1. The van der Waals surface area contributed by atoms with Crippen molar-refractivity contribution in [3.63, 3.8) is 0 Å². The normalized spacial score (nSPS) is 12.2. The van der Waals surface area contributed by atoms with Gasteiger partial charge in [-0.25, -0.2) is 14.8 Å². The smallest absolute Gasteiger partial charge is 0.335 e. The molecule has 4 N–H and O–H groups in total. The molecule has 1 amide bonds. The molecule has 0 spiro atoms. The van der Waals surface area contributed by atoms with Crippen LogP contribution in [-0.4, -0.2) is 44.1 Å². The van der Waals surface area contributed by atoms with Gasteiger partial charge in [0, 0.05) is 24.0 Å². The Kier molecular flexibility index (Phi) is 8.26. The molecule has 11 nitrogen and oxygen atoms in total. The van der Waals surface area contributed by atoms with Gasteiger partial charge in [0.1, 0.15) is 35.0 Å². The Morgan fingerprint density at radius 2 is 1.73 bits per heavy atom. The van der Waals surface area contributed by atoms with Crippen LogP contribution in [0, 0.1) is 16.7 Å². The zero-order valence-corrected chi connectivity index (χ0v) is 23.8. The molecule has 2 heterocycles. The molecule has 4 aromatic rings. The molecule has 2 aromatic carbocycles. The van der Waals surface area contributed by atoms with Crippen molar-refractivity contribution in [2.24, 2.45) is 5.41 Å². The number of benzene rings is 2. The molecule has 212 valence electrons. The Hall–Kier alpha value is -4.95. The highest BCUT2D eigenvalue weighted by Gasteiger charge is 2.27. The standard InChI is InChI=1S/C30H34N8O3/c1-29(2,17-34-27(39)20(16-31)15-30(3,4)33-5)18-37-26-24(25(32)35-19-36-26)38(28(37)40)21-11-13-23(14-12-21)41-22-9-7-6-8-10-22/h6-15,19,33H,17-18H2,1-5H3,(H,34,39)(H2,32,35,36). The average molecular weight is 555 g/mol. The molecule has 41 heavy (non-hydrogen) atoms. The van der Waals surface area contributed by atoms with Crippen LogP contribution >= 0.6 is 0 Å². The molecule has 0 aliphatic rings. The maximum atomic E-state index is 13.8. The van der Waals surface area contributed by atoms with Crippen LogP contribution in [0.3, 0.4) is 0 Å². The monoisotopic (exact) mass is 554 g/mol. The number of amides is 1. The molecule has 0 aliphatic carbocycles. The lowest BCUT2D eigenvalue weighted by Gasteiger charge is -2.25. The highest BCUT2D eigenvalue weighted by atomic mass is 16.5. The summed E-state index contributed by atoms with van der Waals surface area (Å²) in [6.45, 7) is 7.97. The Morgan fingerprint density at radius 3 is 2.37 bits per heavy atom. The number of carbonyl (C=O) groups excluding carboxylic acids is 1. The van der Waals surface area contributed by atoms with E-state index < -0.39 is 16.9 Å². The molecule has 0 radical (unpaired) electrons. The van der Waals surface area contributed by atoms with E-state index in [0.717, 1.165) is 0 Å². The number of anilines is 1. The predicted molar refractivity (Wildman–Crippen MR) is 158 cm³/mol. The van der Waals surface area contributed by atoms with E-state index in [1.54, 1.807) is 37.4 Å². The van der Waals surface area contributed by atoms with E-state index in [0.29, 0.717) is 28.4 Å². The number of nitrogens with zero attached hydrogens (tertiary/aromatic N) is 5. The first-order chi connectivity index (χ1) is 19.4. The first kappa shape index (κ1) is 29.0. The number of carbonyl (C=O) groups is 1. The SMILES string of the molecule is CNC(C)(C)C=C(C#N)C(=O)NCC(C)(C)Cn1c(=O)n(-c2ccc(Oc3ccccc3)cc2)c2c(N)ncnc21. The highest BCUT2D eigenvalue weighted by molar-refractivity contribution is 5.97. The topological polar surface area (TPSA) is 153 Å². The van der Waals surface area contributed by atoms with Crippen molar-refractivity contribution in [1.29, 1.82) is 5.26 Å². The molecule has 4 rings (SSSR count). The molecule has 0 atom stereocenters. The minimum absolute atomic E-state index is 0.00845. The van der Waals surface area contributed by atoms with Crippen molar-refractivity contribution < 1.29 is 9.53 Å². The van der Waals surface area contributed by atoms with Gasteiger partial charge in [0.2, 0.25) is 0 Å². The van der Waals surface area contributed by atoms with Gasteiger partial charge in [-0.3, -0.25) is 13.9 Å². The number of hydrogen-bond donors (Lipinski definition) is 3. The van der Waals surface area contributed by atoms with Crippen LogP contribution in [0.15, 0.2) is 77.4 Å². The lowest BCUT2D eigenvalue weighted by molar-refractivity contribution is -0.117. The van der Waals surface area contributed by atoms with Crippen molar-refractivity contribution in [3.05, 3.63) is 83.1 Å². The number of aromatic nitrogens is 4. The van der Waals surface area contributed by atoms with Crippen LogP contribution in [0.5, 0.6) is 11.5 Å². The summed E-state index contributed by atoms with van der Waals surface area (Å²) in [7, 11) is 1.75. The summed E-state index contributed by atoms with van der Waals surface area (Å²) in [6.07, 6.45) is 2.90. The number of fused-ring (bicyclic) bond motifs is 1. The van der Waals surface area contributed by atoms with Crippen molar-refractivity contribution in [3.8, 4) is 23.3 Å². The second kappa shape index (κ2) is 11.7. The number of imidazole rings is 1. The van der Waals surface area contributed by atoms with E-state index >= 15 is 0 Å². The van der Waals surface area contributed by atoms with Gasteiger partial charge in [0.15, 0.2) is 11.5 Å².